The van der Waals surface area contributed by atoms with Gasteiger partial charge in [0.15, 0.2) is 0 Å². The van der Waals surface area contributed by atoms with Crippen LogP contribution in [0.25, 0.3) is 5.69 Å². The van der Waals surface area contributed by atoms with Crippen LogP contribution >= 0.6 is 11.6 Å². The quantitative estimate of drug-likeness (QED) is 0.287. The third kappa shape index (κ3) is 5.87. The zero-order valence-corrected chi connectivity index (χ0v) is 21.9. The van der Waals surface area contributed by atoms with Gasteiger partial charge in [-0.15, -0.1) is 0 Å². The number of benzene rings is 3. The van der Waals surface area contributed by atoms with Crippen LogP contribution < -0.4 is 19.8 Å². The second kappa shape index (κ2) is 10.9. The molecule has 0 unspecified atom stereocenters. The summed E-state index contributed by atoms with van der Waals surface area (Å²) in [5.41, 5.74) is 2.14. The number of sulfonamides is 1. The Kier molecular flexibility index (Phi) is 7.70. The first-order valence-corrected chi connectivity index (χ1v) is 13.1. The van der Waals surface area contributed by atoms with Gasteiger partial charge < -0.3 is 9.47 Å². The topological polar surface area (TPSA) is 115 Å². The van der Waals surface area contributed by atoms with Crippen LogP contribution in [0.3, 0.4) is 0 Å². The summed E-state index contributed by atoms with van der Waals surface area (Å²) in [5, 5.41) is 3.45. The number of hydrogen-bond donors (Lipinski definition) is 2. The molecule has 0 aliphatic rings. The van der Waals surface area contributed by atoms with Crippen LogP contribution in [0.2, 0.25) is 5.02 Å². The molecule has 2 N–H and O–H groups in total. The molecule has 37 heavy (non-hydrogen) atoms. The second-order valence-corrected chi connectivity index (χ2v) is 10.0. The van der Waals surface area contributed by atoms with E-state index in [4.69, 9.17) is 21.1 Å². The summed E-state index contributed by atoms with van der Waals surface area (Å²) in [4.78, 5) is 17.4. The molecule has 0 bridgehead atoms. The number of halogens is 1. The predicted octanol–water partition coefficient (Wildman–Crippen LogP) is 5.09. The van der Waals surface area contributed by atoms with E-state index in [1.165, 1.54) is 30.1 Å². The van der Waals surface area contributed by atoms with E-state index in [-0.39, 0.29) is 10.5 Å². The molecule has 4 aromatic rings. The Morgan fingerprint density at radius 2 is 1.78 bits per heavy atom. The molecule has 0 saturated heterocycles. The maximum atomic E-state index is 13.0. The molecule has 9 nitrogen and oxygen atoms in total. The molecule has 0 atom stereocenters. The summed E-state index contributed by atoms with van der Waals surface area (Å²) in [7, 11) is -2.29. The molecule has 4 rings (SSSR count). The lowest BCUT2D eigenvalue weighted by molar-refractivity contribution is 0.340. The number of H-pyrrole nitrogens is 1. The van der Waals surface area contributed by atoms with Gasteiger partial charge in [-0.1, -0.05) is 11.6 Å². The van der Waals surface area contributed by atoms with Crippen LogP contribution in [0.1, 0.15) is 18.2 Å². The highest BCUT2D eigenvalue weighted by Crippen LogP contribution is 2.26. The van der Waals surface area contributed by atoms with E-state index in [1.807, 2.05) is 6.92 Å². The summed E-state index contributed by atoms with van der Waals surface area (Å²) >= 11 is 6.08. The minimum atomic E-state index is -3.79. The average Bonchev–Trinajstić information content (AvgIpc) is 3.17. The maximum Gasteiger partial charge on any atom is 0.280 e. The SMILES string of the molecule is CCOc1ccc(NS(=O)(=O)c2ccc(N=Cc3c(C)[nH]n(-c4ccc(Cl)c(OC)c4)c3=O)cc2)cc1. The van der Waals surface area contributed by atoms with Crippen LogP contribution in [0, 0.1) is 6.92 Å². The molecule has 3 aromatic carbocycles. The van der Waals surface area contributed by atoms with E-state index in [9.17, 15) is 13.2 Å². The Labute approximate surface area is 219 Å². The van der Waals surface area contributed by atoms with Crippen molar-refractivity contribution >= 4 is 39.2 Å². The second-order valence-electron chi connectivity index (χ2n) is 7.92. The highest BCUT2D eigenvalue weighted by molar-refractivity contribution is 7.92. The summed E-state index contributed by atoms with van der Waals surface area (Å²) in [6.45, 7) is 4.16. The molecule has 0 radical (unpaired) electrons. The lowest BCUT2D eigenvalue weighted by Crippen LogP contribution is -2.17. The van der Waals surface area contributed by atoms with Crippen molar-refractivity contribution in [3.05, 3.63) is 93.4 Å². The number of nitrogens with one attached hydrogen (secondary N) is 2. The molecule has 0 saturated carbocycles. The number of nitrogens with zero attached hydrogens (tertiary/aromatic N) is 2. The van der Waals surface area contributed by atoms with Crippen molar-refractivity contribution in [2.45, 2.75) is 18.7 Å². The zero-order valence-electron chi connectivity index (χ0n) is 20.4. The number of methoxy groups -OCH3 is 1. The molecule has 0 fully saturated rings. The minimum absolute atomic E-state index is 0.0807. The fraction of sp³-hybridized carbons (Fsp3) is 0.154. The standard InChI is InChI=1S/C26H25ClN4O5S/c1-4-36-21-10-5-19(6-11-21)30-37(33,34)22-12-7-18(8-13-22)28-16-23-17(2)29-31(26(23)32)20-9-14-24(27)25(15-20)35-3/h5-16,29-30H,4H2,1-3H3. The number of aromatic nitrogens is 2. The van der Waals surface area contributed by atoms with Crippen molar-refractivity contribution in [3.8, 4) is 17.2 Å². The van der Waals surface area contributed by atoms with E-state index in [1.54, 1.807) is 61.5 Å². The molecule has 0 aliphatic carbocycles. The zero-order chi connectivity index (χ0) is 26.6. The molecule has 0 amide bonds. The Morgan fingerprint density at radius 1 is 1.08 bits per heavy atom. The van der Waals surface area contributed by atoms with Crippen LogP contribution in [-0.2, 0) is 10.0 Å². The number of anilines is 1. The van der Waals surface area contributed by atoms with E-state index in [2.05, 4.69) is 14.8 Å². The summed E-state index contributed by atoms with van der Waals surface area (Å²) in [6.07, 6.45) is 1.44. The highest BCUT2D eigenvalue weighted by atomic mass is 35.5. The van der Waals surface area contributed by atoms with Gasteiger partial charge in [-0.25, -0.2) is 13.1 Å². The van der Waals surface area contributed by atoms with Gasteiger partial charge in [0.25, 0.3) is 15.6 Å². The van der Waals surface area contributed by atoms with Crippen molar-refractivity contribution in [2.75, 3.05) is 18.4 Å². The Morgan fingerprint density at radius 3 is 2.43 bits per heavy atom. The first-order chi connectivity index (χ1) is 17.7. The number of ether oxygens (including phenoxy) is 2. The van der Waals surface area contributed by atoms with Gasteiger partial charge in [0.1, 0.15) is 11.5 Å². The maximum absolute atomic E-state index is 13.0. The summed E-state index contributed by atoms with van der Waals surface area (Å²) in [5.74, 6) is 1.10. The highest BCUT2D eigenvalue weighted by Gasteiger charge is 2.15. The molecule has 1 heterocycles. The van der Waals surface area contributed by atoms with Gasteiger partial charge in [0.05, 0.1) is 40.6 Å². The summed E-state index contributed by atoms with van der Waals surface area (Å²) in [6, 6.07) is 17.7. The van der Waals surface area contributed by atoms with Crippen molar-refractivity contribution in [1.29, 1.82) is 0 Å². The molecule has 0 spiro atoms. The predicted molar refractivity (Wildman–Crippen MR) is 145 cm³/mol. The molecule has 11 heteroatoms. The van der Waals surface area contributed by atoms with Gasteiger partial charge >= 0.3 is 0 Å². The molecular weight excluding hydrogens is 516 g/mol. The van der Waals surface area contributed by atoms with Gasteiger partial charge in [0.2, 0.25) is 0 Å². The number of aromatic amines is 1. The molecule has 1 aromatic heterocycles. The number of rotatable bonds is 9. The third-order valence-electron chi connectivity index (χ3n) is 5.42. The monoisotopic (exact) mass is 540 g/mol. The minimum Gasteiger partial charge on any atom is -0.495 e. The van der Waals surface area contributed by atoms with E-state index >= 15 is 0 Å². The number of hydrogen-bond acceptors (Lipinski definition) is 6. The van der Waals surface area contributed by atoms with Crippen molar-refractivity contribution in [3.63, 3.8) is 0 Å². The Bertz CT molecular complexity index is 1590. The van der Waals surface area contributed by atoms with Crippen LogP contribution in [0.4, 0.5) is 11.4 Å². The van der Waals surface area contributed by atoms with Crippen LogP contribution in [0.15, 0.2) is 81.4 Å². The summed E-state index contributed by atoms with van der Waals surface area (Å²) < 4.78 is 40.0. The van der Waals surface area contributed by atoms with Gasteiger partial charge in [-0.3, -0.25) is 19.6 Å². The van der Waals surface area contributed by atoms with Crippen molar-refractivity contribution < 1.29 is 17.9 Å². The largest absolute Gasteiger partial charge is 0.495 e. The fourth-order valence-corrected chi connectivity index (χ4v) is 4.78. The third-order valence-corrected chi connectivity index (χ3v) is 7.13. The van der Waals surface area contributed by atoms with E-state index < -0.39 is 10.0 Å². The van der Waals surface area contributed by atoms with Crippen molar-refractivity contribution in [1.82, 2.24) is 9.78 Å². The van der Waals surface area contributed by atoms with Crippen LogP contribution in [0.5, 0.6) is 11.5 Å². The van der Waals surface area contributed by atoms with Gasteiger partial charge in [-0.05, 0) is 74.5 Å². The van der Waals surface area contributed by atoms with Crippen molar-refractivity contribution in [2.24, 2.45) is 4.99 Å². The van der Waals surface area contributed by atoms with E-state index in [0.717, 1.165) is 0 Å². The number of aryl methyl sites for hydroxylation is 1. The van der Waals surface area contributed by atoms with E-state index in [0.29, 0.717) is 51.4 Å². The molecule has 0 aliphatic heterocycles. The van der Waals surface area contributed by atoms with Gasteiger partial charge in [0, 0.05) is 23.7 Å². The Balaban J connectivity index is 1.51. The van der Waals surface area contributed by atoms with Crippen LogP contribution in [-0.4, -0.2) is 38.1 Å². The molecular formula is C26H25ClN4O5S. The van der Waals surface area contributed by atoms with Gasteiger partial charge in [-0.2, -0.15) is 0 Å². The first-order valence-electron chi connectivity index (χ1n) is 11.3. The smallest absolute Gasteiger partial charge is 0.280 e. The lowest BCUT2D eigenvalue weighted by atomic mass is 10.2. The fourth-order valence-electron chi connectivity index (χ4n) is 3.53. The Hall–Kier alpha value is -4.02. The normalized spacial score (nSPS) is 11.6. The number of aliphatic imine (C=N–C) groups is 1. The molecule has 192 valence electrons. The first kappa shape index (κ1) is 26.1. The lowest BCUT2D eigenvalue weighted by Gasteiger charge is -2.09. The average molecular weight is 541 g/mol.